The predicted molar refractivity (Wildman–Crippen MR) is 79.1 cm³/mol. The van der Waals surface area contributed by atoms with Gasteiger partial charge in [0, 0.05) is 0 Å². The Morgan fingerprint density at radius 2 is 0.955 bits per heavy atom. The zero-order valence-corrected chi connectivity index (χ0v) is 11.9. The minimum Gasteiger partial charge on any atom is -0.279 e. The first kappa shape index (κ1) is 16.3. The average Bonchev–Trinajstić information content (AvgIpc) is 2.43. The van der Waals surface area contributed by atoms with Crippen molar-refractivity contribution < 1.29 is 26.1 Å². The van der Waals surface area contributed by atoms with E-state index in [1.54, 1.807) is 0 Å². The van der Waals surface area contributed by atoms with Crippen LogP contribution in [-0.2, 0) is 10.1 Å². The fraction of sp³-hybridized carbons (Fsp3) is 0.0667. The molecule has 0 bridgehead atoms. The van der Waals surface area contributed by atoms with Crippen molar-refractivity contribution in [2.45, 2.75) is 5.51 Å². The second kappa shape index (κ2) is 5.94. The first-order valence-electron chi connectivity index (χ1n) is 6.10. The highest BCUT2D eigenvalue weighted by atomic mass is 32.2. The summed E-state index contributed by atoms with van der Waals surface area (Å²) in [7, 11) is -5.84. The van der Waals surface area contributed by atoms with Crippen LogP contribution in [0.25, 0.3) is 21.5 Å². The minimum absolute atomic E-state index is 1.31. The van der Waals surface area contributed by atoms with Crippen molar-refractivity contribution in [2.75, 3.05) is 0 Å². The first-order valence-corrected chi connectivity index (χ1v) is 7.54. The third kappa shape index (κ3) is 3.75. The summed E-state index contributed by atoms with van der Waals surface area (Å²) >= 11 is 0. The maximum atomic E-state index is 10.7. The molecule has 3 nitrogen and oxygen atoms in total. The van der Waals surface area contributed by atoms with Gasteiger partial charge in [0.25, 0.3) is 0 Å². The molecule has 0 amide bonds. The van der Waals surface area contributed by atoms with E-state index in [0.29, 0.717) is 0 Å². The average molecular weight is 328 g/mol. The normalized spacial score (nSPS) is 12.0. The van der Waals surface area contributed by atoms with Crippen LogP contribution in [0.15, 0.2) is 60.7 Å². The molecule has 3 rings (SSSR count). The summed E-state index contributed by atoms with van der Waals surface area (Å²) in [6.07, 6.45) is 0. The van der Waals surface area contributed by atoms with Crippen molar-refractivity contribution in [1.82, 2.24) is 0 Å². The van der Waals surface area contributed by atoms with Crippen molar-refractivity contribution in [3.05, 3.63) is 60.7 Å². The molecule has 0 saturated heterocycles. The van der Waals surface area contributed by atoms with E-state index in [0.717, 1.165) is 0 Å². The number of rotatable bonds is 0. The van der Waals surface area contributed by atoms with Crippen LogP contribution >= 0.6 is 0 Å². The van der Waals surface area contributed by atoms with Crippen LogP contribution in [0.3, 0.4) is 0 Å². The van der Waals surface area contributed by atoms with Gasteiger partial charge in [-0.1, -0.05) is 48.5 Å². The van der Waals surface area contributed by atoms with Crippen LogP contribution in [0.2, 0.25) is 0 Å². The third-order valence-electron chi connectivity index (χ3n) is 2.91. The van der Waals surface area contributed by atoms with Gasteiger partial charge in [0.15, 0.2) is 0 Å². The molecular formula is C15H11F3O3S. The molecule has 0 aliphatic heterocycles. The molecule has 7 heteroatoms. The number of benzene rings is 3. The van der Waals surface area contributed by atoms with Crippen molar-refractivity contribution in [3.8, 4) is 0 Å². The predicted octanol–water partition coefficient (Wildman–Crippen LogP) is 4.39. The molecule has 0 spiro atoms. The summed E-state index contributed by atoms with van der Waals surface area (Å²) in [5.74, 6) is 0. The largest absolute Gasteiger partial charge is 0.522 e. The van der Waals surface area contributed by atoms with Crippen LogP contribution in [0.1, 0.15) is 0 Å². The van der Waals surface area contributed by atoms with Crippen molar-refractivity contribution in [1.29, 1.82) is 0 Å². The topological polar surface area (TPSA) is 54.4 Å². The molecular weight excluding hydrogens is 317 g/mol. The van der Waals surface area contributed by atoms with E-state index in [1.807, 2.05) is 0 Å². The number of halogens is 3. The van der Waals surface area contributed by atoms with Gasteiger partial charge in [0.1, 0.15) is 0 Å². The van der Waals surface area contributed by atoms with E-state index in [1.165, 1.54) is 21.5 Å². The van der Waals surface area contributed by atoms with Gasteiger partial charge in [0.05, 0.1) is 0 Å². The Kier molecular flexibility index (Phi) is 4.39. The SMILES string of the molecule is O=S(=O)(O)C(F)(F)F.c1ccc2cc3ccccc3cc2c1. The van der Waals surface area contributed by atoms with E-state index < -0.39 is 15.6 Å². The quantitative estimate of drug-likeness (QED) is 0.378. The molecule has 0 unspecified atom stereocenters. The molecule has 0 fully saturated rings. The summed E-state index contributed by atoms with van der Waals surface area (Å²) in [6, 6.07) is 21.4. The summed E-state index contributed by atoms with van der Waals surface area (Å²) in [4.78, 5) is 0. The molecule has 0 aliphatic rings. The van der Waals surface area contributed by atoms with E-state index in [4.69, 9.17) is 13.0 Å². The van der Waals surface area contributed by atoms with Crippen LogP contribution in [0.4, 0.5) is 13.2 Å². The molecule has 0 atom stereocenters. The zero-order valence-electron chi connectivity index (χ0n) is 11.1. The molecule has 1 N–H and O–H groups in total. The molecule has 0 radical (unpaired) electrons. The van der Waals surface area contributed by atoms with E-state index >= 15 is 0 Å². The molecule has 116 valence electrons. The second-order valence-corrected chi connectivity index (χ2v) is 5.88. The van der Waals surface area contributed by atoms with Crippen LogP contribution in [-0.4, -0.2) is 18.5 Å². The van der Waals surface area contributed by atoms with E-state index in [9.17, 15) is 13.2 Å². The van der Waals surface area contributed by atoms with Crippen molar-refractivity contribution in [2.24, 2.45) is 0 Å². The molecule has 3 aromatic rings. The Hall–Kier alpha value is -2.12. The number of alkyl halides is 3. The molecule has 0 heterocycles. The summed E-state index contributed by atoms with van der Waals surface area (Å²) in [5, 5.41) is 5.25. The lowest BCUT2D eigenvalue weighted by Crippen LogP contribution is -2.21. The lowest BCUT2D eigenvalue weighted by atomic mass is 10.0. The smallest absolute Gasteiger partial charge is 0.279 e. The van der Waals surface area contributed by atoms with E-state index in [-0.39, 0.29) is 0 Å². The van der Waals surface area contributed by atoms with Gasteiger partial charge in [-0.2, -0.15) is 21.6 Å². The highest BCUT2D eigenvalue weighted by Crippen LogP contribution is 2.22. The van der Waals surface area contributed by atoms with Gasteiger partial charge in [-0.25, -0.2) is 0 Å². The summed E-state index contributed by atoms with van der Waals surface area (Å²) < 4.78 is 57.5. The maximum Gasteiger partial charge on any atom is 0.522 e. The standard InChI is InChI=1S/C14H10.CHF3O3S/c1-2-6-12-10-14-8-4-3-7-13(14)9-11(12)5-1;2-1(3,4)8(5,6)7/h1-10H;(H,5,6,7). The second-order valence-electron chi connectivity index (χ2n) is 4.47. The van der Waals surface area contributed by atoms with E-state index in [2.05, 4.69) is 60.7 Å². The monoisotopic (exact) mass is 328 g/mol. The zero-order chi connectivity index (χ0) is 16.4. The number of fused-ring (bicyclic) bond motifs is 2. The van der Waals surface area contributed by atoms with Crippen molar-refractivity contribution in [3.63, 3.8) is 0 Å². The van der Waals surface area contributed by atoms with Gasteiger partial charge in [-0.3, -0.25) is 4.55 Å². The highest BCUT2D eigenvalue weighted by Gasteiger charge is 2.44. The molecule has 3 aromatic carbocycles. The van der Waals surface area contributed by atoms with Crippen LogP contribution in [0, 0.1) is 0 Å². The van der Waals surface area contributed by atoms with Gasteiger partial charge in [0.2, 0.25) is 0 Å². The minimum atomic E-state index is -5.84. The Morgan fingerprint density at radius 3 is 1.14 bits per heavy atom. The summed E-state index contributed by atoms with van der Waals surface area (Å²) in [5.41, 5.74) is -5.53. The number of hydrogen-bond donors (Lipinski definition) is 1. The first-order chi connectivity index (χ1) is 10.2. The summed E-state index contributed by atoms with van der Waals surface area (Å²) in [6.45, 7) is 0. The Balaban J connectivity index is 0.000000192. The fourth-order valence-corrected chi connectivity index (χ4v) is 1.88. The Labute approximate surface area is 124 Å². The molecule has 0 saturated carbocycles. The number of hydrogen-bond acceptors (Lipinski definition) is 2. The van der Waals surface area contributed by atoms with Crippen LogP contribution < -0.4 is 0 Å². The fourth-order valence-electron chi connectivity index (χ4n) is 1.88. The maximum absolute atomic E-state index is 10.7. The molecule has 0 aromatic heterocycles. The van der Waals surface area contributed by atoms with Crippen LogP contribution in [0.5, 0.6) is 0 Å². The van der Waals surface area contributed by atoms with Gasteiger partial charge in [-0.15, -0.1) is 0 Å². The third-order valence-corrected chi connectivity index (χ3v) is 3.49. The van der Waals surface area contributed by atoms with Gasteiger partial charge < -0.3 is 0 Å². The Bertz CT molecular complexity index is 797. The Morgan fingerprint density at radius 1 is 0.727 bits per heavy atom. The lowest BCUT2D eigenvalue weighted by molar-refractivity contribution is -0.0510. The highest BCUT2D eigenvalue weighted by molar-refractivity contribution is 7.86. The van der Waals surface area contributed by atoms with Crippen molar-refractivity contribution >= 4 is 31.7 Å². The van der Waals surface area contributed by atoms with Gasteiger partial charge >= 0.3 is 15.6 Å². The van der Waals surface area contributed by atoms with Gasteiger partial charge in [-0.05, 0) is 33.7 Å². The lowest BCUT2D eigenvalue weighted by Gasteiger charge is -2.00. The molecule has 0 aliphatic carbocycles. The molecule has 22 heavy (non-hydrogen) atoms.